The standard InChI is InChI=1S/C13H20N2O3S/c1-9-15-10(8-19-9)12(18)14-7-6-13(2,3)5-4-11(16)17/h8H,4-7H2,1-3H3,(H,14,18)(H,16,17). The van der Waals surface area contributed by atoms with Gasteiger partial charge < -0.3 is 10.4 Å². The zero-order valence-electron chi connectivity index (χ0n) is 11.5. The summed E-state index contributed by atoms with van der Waals surface area (Å²) in [5.74, 6) is -0.951. The van der Waals surface area contributed by atoms with Crippen molar-refractivity contribution in [3.05, 3.63) is 16.1 Å². The molecule has 0 radical (unpaired) electrons. The van der Waals surface area contributed by atoms with E-state index in [1.54, 1.807) is 5.38 Å². The van der Waals surface area contributed by atoms with Crippen molar-refractivity contribution in [1.29, 1.82) is 0 Å². The highest BCUT2D eigenvalue weighted by molar-refractivity contribution is 7.09. The summed E-state index contributed by atoms with van der Waals surface area (Å²) < 4.78 is 0. The van der Waals surface area contributed by atoms with Gasteiger partial charge >= 0.3 is 5.97 Å². The largest absolute Gasteiger partial charge is 0.481 e. The van der Waals surface area contributed by atoms with Crippen molar-refractivity contribution in [2.45, 2.75) is 40.0 Å². The van der Waals surface area contributed by atoms with E-state index in [-0.39, 0.29) is 17.7 Å². The van der Waals surface area contributed by atoms with E-state index in [0.29, 0.717) is 18.7 Å². The van der Waals surface area contributed by atoms with Gasteiger partial charge in [0.05, 0.1) is 5.01 Å². The van der Waals surface area contributed by atoms with Crippen molar-refractivity contribution in [1.82, 2.24) is 10.3 Å². The number of carbonyl (C=O) groups is 2. The predicted molar refractivity (Wildman–Crippen MR) is 74.5 cm³/mol. The maximum Gasteiger partial charge on any atom is 0.303 e. The Morgan fingerprint density at radius 2 is 2.11 bits per heavy atom. The number of rotatable bonds is 7. The molecule has 1 amide bonds. The molecule has 0 spiro atoms. The summed E-state index contributed by atoms with van der Waals surface area (Å²) in [4.78, 5) is 26.4. The molecule has 5 nitrogen and oxygen atoms in total. The molecule has 19 heavy (non-hydrogen) atoms. The number of hydrogen-bond acceptors (Lipinski definition) is 4. The fourth-order valence-corrected chi connectivity index (χ4v) is 2.24. The number of aromatic nitrogens is 1. The highest BCUT2D eigenvalue weighted by Crippen LogP contribution is 2.26. The Labute approximate surface area is 117 Å². The van der Waals surface area contributed by atoms with Crippen LogP contribution in [-0.2, 0) is 4.79 Å². The molecule has 0 fully saturated rings. The minimum absolute atomic E-state index is 0.0936. The van der Waals surface area contributed by atoms with Crippen molar-refractivity contribution in [3.63, 3.8) is 0 Å². The van der Waals surface area contributed by atoms with Crippen LogP contribution in [-0.4, -0.2) is 28.5 Å². The van der Waals surface area contributed by atoms with Crippen LogP contribution in [0.3, 0.4) is 0 Å². The normalized spacial score (nSPS) is 11.3. The zero-order valence-corrected chi connectivity index (χ0v) is 12.3. The Bertz CT molecular complexity index is 454. The maximum atomic E-state index is 11.7. The molecule has 0 aliphatic rings. The molecule has 1 rings (SSSR count). The summed E-state index contributed by atoms with van der Waals surface area (Å²) >= 11 is 1.45. The number of nitrogens with one attached hydrogen (secondary N) is 1. The highest BCUT2D eigenvalue weighted by atomic mass is 32.1. The average Bonchev–Trinajstić information content (AvgIpc) is 2.73. The van der Waals surface area contributed by atoms with E-state index in [1.165, 1.54) is 11.3 Å². The first kappa shape index (κ1) is 15.6. The first-order valence-electron chi connectivity index (χ1n) is 6.22. The number of carboxylic acid groups (broad SMARTS) is 1. The van der Waals surface area contributed by atoms with Crippen LogP contribution in [0.25, 0.3) is 0 Å². The number of thiazole rings is 1. The number of hydrogen-bond donors (Lipinski definition) is 2. The number of nitrogens with zero attached hydrogens (tertiary/aromatic N) is 1. The molecular weight excluding hydrogens is 264 g/mol. The molecule has 0 saturated carbocycles. The Balaban J connectivity index is 2.33. The van der Waals surface area contributed by atoms with Gasteiger partial charge in [-0.15, -0.1) is 11.3 Å². The van der Waals surface area contributed by atoms with Crippen molar-refractivity contribution in [2.75, 3.05) is 6.54 Å². The average molecular weight is 284 g/mol. The topological polar surface area (TPSA) is 79.3 Å². The van der Waals surface area contributed by atoms with E-state index >= 15 is 0 Å². The van der Waals surface area contributed by atoms with E-state index in [1.807, 2.05) is 20.8 Å². The van der Waals surface area contributed by atoms with Gasteiger partial charge in [0, 0.05) is 18.3 Å². The predicted octanol–water partition coefficient (Wildman–Crippen LogP) is 2.46. The first-order chi connectivity index (χ1) is 8.80. The van der Waals surface area contributed by atoms with Gasteiger partial charge in [0.2, 0.25) is 0 Å². The lowest BCUT2D eigenvalue weighted by Gasteiger charge is -2.23. The van der Waals surface area contributed by atoms with Crippen LogP contribution < -0.4 is 5.32 Å². The molecule has 1 heterocycles. The van der Waals surface area contributed by atoms with E-state index in [2.05, 4.69) is 10.3 Å². The lowest BCUT2D eigenvalue weighted by atomic mass is 9.84. The second-order valence-corrected chi connectivity index (χ2v) is 6.38. The van der Waals surface area contributed by atoms with E-state index < -0.39 is 5.97 Å². The van der Waals surface area contributed by atoms with Crippen molar-refractivity contribution in [2.24, 2.45) is 5.41 Å². The number of amides is 1. The monoisotopic (exact) mass is 284 g/mol. The van der Waals surface area contributed by atoms with Gasteiger partial charge in [-0.1, -0.05) is 13.8 Å². The zero-order chi connectivity index (χ0) is 14.5. The maximum absolute atomic E-state index is 11.7. The summed E-state index contributed by atoms with van der Waals surface area (Å²) in [6, 6.07) is 0. The van der Waals surface area contributed by atoms with Crippen LogP contribution >= 0.6 is 11.3 Å². The van der Waals surface area contributed by atoms with Gasteiger partial charge in [0.15, 0.2) is 0 Å². The molecule has 106 valence electrons. The van der Waals surface area contributed by atoms with Crippen molar-refractivity contribution < 1.29 is 14.7 Å². The SMILES string of the molecule is Cc1nc(C(=O)NCCC(C)(C)CCC(=O)O)cs1. The molecule has 6 heteroatoms. The van der Waals surface area contributed by atoms with Gasteiger partial charge in [-0.3, -0.25) is 9.59 Å². The molecule has 0 aliphatic carbocycles. The summed E-state index contributed by atoms with van der Waals surface area (Å²) in [5.41, 5.74) is 0.356. The van der Waals surface area contributed by atoms with Gasteiger partial charge in [-0.05, 0) is 25.2 Å². The molecule has 0 saturated heterocycles. The Morgan fingerprint density at radius 3 is 2.63 bits per heavy atom. The number of carbonyl (C=O) groups excluding carboxylic acids is 1. The quantitative estimate of drug-likeness (QED) is 0.806. The summed E-state index contributed by atoms with van der Waals surface area (Å²) in [5, 5.41) is 14.1. The second kappa shape index (κ2) is 6.65. The van der Waals surface area contributed by atoms with E-state index in [9.17, 15) is 9.59 Å². The summed E-state index contributed by atoms with van der Waals surface area (Å²) in [6.45, 7) is 6.41. The van der Waals surface area contributed by atoms with E-state index in [0.717, 1.165) is 11.4 Å². The van der Waals surface area contributed by atoms with Crippen LogP contribution in [0.2, 0.25) is 0 Å². The smallest absolute Gasteiger partial charge is 0.303 e. The van der Waals surface area contributed by atoms with E-state index in [4.69, 9.17) is 5.11 Å². The highest BCUT2D eigenvalue weighted by Gasteiger charge is 2.19. The number of aliphatic carboxylic acids is 1. The van der Waals surface area contributed by atoms with Crippen LogP contribution in [0.15, 0.2) is 5.38 Å². The minimum Gasteiger partial charge on any atom is -0.481 e. The molecular formula is C13H20N2O3S. The molecule has 0 atom stereocenters. The van der Waals surface area contributed by atoms with Crippen molar-refractivity contribution >= 4 is 23.2 Å². The third-order valence-corrected chi connectivity index (χ3v) is 3.73. The molecule has 2 N–H and O–H groups in total. The van der Waals surface area contributed by atoms with Gasteiger partial charge in [-0.2, -0.15) is 0 Å². The molecule has 0 bridgehead atoms. The molecule has 0 aliphatic heterocycles. The van der Waals surface area contributed by atoms with Crippen LogP contribution in [0.5, 0.6) is 0 Å². The minimum atomic E-state index is -0.782. The fraction of sp³-hybridized carbons (Fsp3) is 0.615. The first-order valence-corrected chi connectivity index (χ1v) is 7.10. The molecule has 0 aromatic carbocycles. The molecule has 1 aromatic heterocycles. The summed E-state index contributed by atoms with van der Waals surface area (Å²) in [7, 11) is 0. The number of carboxylic acids is 1. The summed E-state index contributed by atoms with van der Waals surface area (Å²) in [6.07, 6.45) is 1.51. The Morgan fingerprint density at radius 1 is 1.42 bits per heavy atom. The third kappa shape index (κ3) is 5.83. The number of aryl methyl sites for hydroxylation is 1. The fourth-order valence-electron chi connectivity index (χ4n) is 1.64. The Hall–Kier alpha value is -1.43. The molecule has 1 aromatic rings. The lowest BCUT2D eigenvalue weighted by molar-refractivity contribution is -0.137. The van der Waals surface area contributed by atoms with Gasteiger partial charge in [0.25, 0.3) is 5.91 Å². The van der Waals surface area contributed by atoms with Gasteiger partial charge in [0.1, 0.15) is 5.69 Å². The Kier molecular flexibility index (Phi) is 5.47. The van der Waals surface area contributed by atoms with Crippen LogP contribution in [0, 0.1) is 12.3 Å². The van der Waals surface area contributed by atoms with Crippen LogP contribution in [0.1, 0.15) is 48.6 Å². The lowest BCUT2D eigenvalue weighted by Crippen LogP contribution is -2.28. The third-order valence-electron chi connectivity index (χ3n) is 2.95. The van der Waals surface area contributed by atoms with Gasteiger partial charge in [-0.25, -0.2) is 4.98 Å². The molecule has 0 unspecified atom stereocenters. The van der Waals surface area contributed by atoms with Crippen LogP contribution in [0.4, 0.5) is 0 Å². The van der Waals surface area contributed by atoms with Crippen molar-refractivity contribution in [3.8, 4) is 0 Å². The second-order valence-electron chi connectivity index (χ2n) is 5.32.